The van der Waals surface area contributed by atoms with Gasteiger partial charge in [0.1, 0.15) is 18.0 Å². The van der Waals surface area contributed by atoms with E-state index in [0.29, 0.717) is 49.5 Å². The largest absolute Gasteiger partial charge is 0.489 e. The summed E-state index contributed by atoms with van der Waals surface area (Å²) in [7, 11) is 0. The second kappa shape index (κ2) is 10.6. The number of nitrogens with zero attached hydrogens (tertiary/aromatic N) is 2. The van der Waals surface area contributed by atoms with Crippen LogP contribution in [0, 0.1) is 0 Å². The highest BCUT2D eigenvalue weighted by Crippen LogP contribution is 2.43. The van der Waals surface area contributed by atoms with Gasteiger partial charge in [0.15, 0.2) is 0 Å². The number of benzene rings is 1. The van der Waals surface area contributed by atoms with Gasteiger partial charge in [-0.2, -0.15) is 26.3 Å². The van der Waals surface area contributed by atoms with Crippen molar-refractivity contribution < 1.29 is 50.1 Å². The zero-order valence-corrected chi connectivity index (χ0v) is 21.0. The second-order valence-electron chi connectivity index (χ2n) is 10.0. The molecular weight excluding hydrogens is 546 g/mol. The Kier molecular flexibility index (Phi) is 8.00. The number of hydrogen-bond acceptors (Lipinski definition) is 6. The molecule has 1 saturated carbocycles. The average Bonchev–Trinajstić information content (AvgIpc) is 3.50. The molecule has 7 nitrogen and oxygen atoms in total. The lowest BCUT2D eigenvalue weighted by Crippen LogP contribution is -2.54. The quantitative estimate of drug-likeness (QED) is 0.303. The zero-order chi connectivity index (χ0) is 27.8. The lowest BCUT2D eigenvalue weighted by Gasteiger charge is -2.45. The Hall–Kier alpha value is -2.41. The van der Waals surface area contributed by atoms with Crippen LogP contribution < -0.4 is 4.74 Å². The van der Waals surface area contributed by atoms with Crippen LogP contribution in [-0.2, 0) is 20.8 Å². The number of likely N-dealkylation sites (tertiary alicyclic amines) is 2. The molecule has 0 atom stereocenters. The lowest BCUT2D eigenvalue weighted by atomic mass is 9.85. The van der Waals surface area contributed by atoms with Gasteiger partial charge in [-0.25, -0.2) is 4.79 Å². The first-order chi connectivity index (χ1) is 17.8. The third-order valence-electron chi connectivity index (χ3n) is 7.49. The summed E-state index contributed by atoms with van der Waals surface area (Å²) in [4.78, 5) is 26.0. The molecule has 2 saturated heterocycles. The fraction of sp³-hybridized carbons (Fsp3) is 0.667. The van der Waals surface area contributed by atoms with Crippen molar-refractivity contribution in [1.29, 1.82) is 0 Å². The highest BCUT2D eigenvalue weighted by Gasteiger charge is 2.60. The van der Waals surface area contributed by atoms with Crippen LogP contribution in [0.2, 0.25) is 5.02 Å². The highest BCUT2D eigenvalue weighted by molar-refractivity contribution is 6.30. The summed E-state index contributed by atoms with van der Waals surface area (Å²) in [5.41, 5.74) is -0.174. The number of halogens is 7. The molecule has 38 heavy (non-hydrogen) atoms. The summed E-state index contributed by atoms with van der Waals surface area (Å²) in [6.07, 6.45) is -13.6. The highest BCUT2D eigenvalue weighted by atomic mass is 35.5. The van der Waals surface area contributed by atoms with Crippen LogP contribution >= 0.6 is 11.6 Å². The van der Waals surface area contributed by atoms with E-state index in [-0.39, 0.29) is 25.2 Å². The van der Waals surface area contributed by atoms with Crippen LogP contribution in [0.4, 0.5) is 31.1 Å². The SMILES string of the molecule is O=COC1(COc2cc(Cl)ccc2CN2CCCC23CCN(C(=O)OC(C(F)(F)F)C(F)(F)F)CC3)CC1. The normalized spacial score (nSPS) is 21.0. The molecule has 0 bridgehead atoms. The van der Waals surface area contributed by atoms with Crippen LogP contribution in [0.3, 0.4) is 0 Å². The van der Waals surface area contributed by atoms with Crippen LogP contribution in [0.1, 0.15) is 44.1 Å². The minimum absolute atomic E-state index is 0.0344. The van der Waals surface area contributed by atoms with Crippen molar-refractivity contribution in [2.75, 3.05) is 26.2 Å². The van der Waals surface area contributed by atoms with Gasteiger partial charge in [0.05, 0.1) is 0 Å². The fourth-order valence-corrected chi connectivity index (χ4v) is 5.32. The first-order valence-corrected chi connectivity index (χ1v) is 12.5. The van der Waals surface area contributed by atoms with Gasteiger partial charge in [-0.1, -0.05) is 17.7 Å². The van der Waals surface area contributed by atoms with Gasteiger partial charge in [-0.15, -0.1) is 0 Å². The molecule has 2 heterocycles. The first-order valence-electron chi connectivity index (χ1n) is 12.1. The Balaban J connectivity index is 1.39. The van der Waals surface area contributed by atoms with E-state index in [2.05, 4.69) is 9.64 Å². The van der Waals surface area contributed by atoms with Crippen LogP contribution in [-0.4, -0.2) is 78.2 Å². The van der Waals surface area contributed by atoms with Gasteiger partial charge in [-0.05, 0) is 57.2 Å². The van der Waals surface area contributed by atoms with Gasteiger partial charge in [0, 0.05) is 35.8 Å². The van der Waals surface area contributed by atoms with Gasteiger partial charge in [0.2, 0.25) is 0 Å². The molecule has 1 amide bonds. The molecule has 3 fully saturated rings. The molecule has 0 N–H and O–H groups in total. The summed E-state index contributed by atoms with van der Waals surface area (Å²) in [6, 6.07) is 5.22. The predicted molar refractivity (Wildman–Crippen MR) is 122 cm³/mol. The average molecular weight is 573 g/mol. The number of alkyl halides is 6. The smallest absolute Gasteiger partial charge is 0.434 e. The van der Waals surface area contributed by atoms with Crippen molar-refractivity contribution in [3.63, 3.8) is 0 Å². The van der Waals surface area contributed by atoms with E-state index in [1.807, 2.05) is 6.07 Å². The molecule has 1 spiro atoms. The van der Waals surface area contributed by atoms with Crippen LogP contribution in [0.25, 0.3) is 0 Å². The number of piperidine rings is 1. The van der Waals surface area contributed by atoms with Crippen molar-refractivity contribution in [3.05, 3.63) is 28.8 Å². The fourth-order valence-electron chi connectivity index (χ4n) is 5.15. The molecule has 14 heteroatoms. The predicted octanol–water partition coefficient (Wildman–Crippen LogP) is 5.48. The van der Waals surface area contributed by atoms with E-state index in [1.165, 1.54) is 0 Å². The molecule has 1 aliphatic carbocycles. The van der Waals surface area contributed by atoms with E-state index >= 15 is 0 Å². The number of carbonyl (C=O) groups is 2. The lowest BCUT2D eigenvalue weighted by molar-refractivity contribution is -0.308. The number of rotatable bonds is 8. The molecule has 2 aliphatic heterocycles. The van der Waals surface area contributed by atoms with Crippen molar-refractivity contribution in [2.24, 2.45) is 0 Å². The molecule has 3 aliphatic rings. The third kappa shape index (κ3) is 6.41. The standard InChI is InChI=1S/C24H27ClF6N2O5/c25-17-3-2-16(18(12-17)36-14-22(5-6-22)37-15-34)13-33-9-1-4-21(33)7-10-32(11-8-21)20(35)38-19(23(26,27)28)24(29,30)31/h2-3,12,15,19H,1,4-11,13-14H2. The maximum absolute atomic E-state index is 12.8. The zero-order valence-electron chi connectivity index (χ0n) is 20.2. The molecular formula is C24H27ClF6N2O5. The number of hydrogen-bond donors (Lipinski definition) is 0. The first kappa shape index (κ1) is 28.6. The summed E-state index contributed by atoms with van der Waals surface area (Å²) in [6.45, 7) is 1.69. The monoisotopic (exact) mass is 572 g/mol. The third-order valence-corrected chi connectivity index (χ3v) is 7.73. The second-order valence-corrected chi connectivity index (χ2v) is 10.5. The Morgan fingerprint density at radius 1 is 1.03 bits per heavy atom. The number of amides is 1. The van der Waals surface area contributed by atoms with Crippen LogP contribution in [0.5, 0.6) is 5.75 Å². The maximum atomic E-state index is 12.8. The summed E-state index contributed by atoms with van der Waals surface area (Å²) < 4.78 is 91.8. The van der Waals surface area contributed by atoms with Gasteiger partial charge < -0.3 is 19.1 Å². The van der Waals surface area contributed by atoms with E-state index in [1.54, 1.807) is 12.1 Å². The summed E-state index contributed by atoms with van der Waals surface area (Å²) in [5.74, 6) is 0.534. The maximum Gasteiger partial charge on any atom is 0.434 e. The van der Waals surface area contributed by atoms with Gasteiger partial charge in [-0.3, -0.25) is 9.69 Å². The Morgan fingerprint density at radius 3 is 2.26 bits per heavy atom. The van der Waals surface area contributed by atoms with E-state index in [4.69, 9.17) is 21.1 Å². The molecule has 1 aromatic carbocycles. The van der Waals surface area contributed by atoms with Crippen LogP contribution in [0.15, 0.2) is 18.2 Å². The van der Waals surface area contributed by atoms with Crippen molar-refractivity contribution in [2.45, 2.75) is 74.7 Å². The minimum Gasteiger partial charge on any atom is -0.489 e. The molecule has 0 unspecified atom stereocenters. The van der Waals surface area contributed by atoms with Crippen molar-refractivity contribution >= 4 is 24.2 Å². The number of carbonyl (C=O) groups excluding carboxylic acids is 2. The Labute approximate surface area is 219 Å². The van der Waals surface area contributed by atoms with Gasteiger partial charge >= 0.3 is 18.4 Å². The number of ether oxygens (including phenoxy) is 3. The van der Waals surface area contributed by atoms with E-state index < -0.39 is 30.2 Å². The summed E-state index contributed by atoms with van der Waals surface area (Å²) >= 11 is 6.17. The molecule has 4 rings (SSSR count). The topological polar surface area (TPSA) is 68.3 Å². The molecule has 0 aromatic heterocycles. The van der Waals surface area contributed by atoms with Crippen molar-refractivity contribution in [3.8, 4) is 5.75 Å². The van der Waals surface area contributed by atoms with Gasteiger partial charge in [0.25, 0.3) is 12.6 Å². The molecule has 1 aromatic rings. The van der Waals surface area contributed by atoms with Crippen molar-refractivity contribution in [1.82, 2.24) is 9.80 Å². The minimum atomic E-state index is -5.76. The van der Waals surface area contributed by atoms with E-state index in [9.17, 15) is 35.9 Å². The summed E-state index contributed by atoms with van der Waals surface area (Å²) in [5, 5.41) is 0.462. The Bertz CT molecular complexity index is 1010. The molecule has 212 valence electrons. The molecule has 0 radical (unpaired) electrons. The van der Waals surface area contributed by atoms with E-state index in [0.717, 1.165) is 29.8 Å². The Morgan fingerprint density at radius 2 is 1.68 bits per heavy atom.